The van der Waals surface area contributed by atoms with Crippen LogP contribution in [0.3, 0.4) is 0 Å². The lowest BCUT2D eigenvalue weighted by atomic mass is 9.94. The fraction of sp³-hybridized carbons (Fsp3) is 0.689. The van der Waals surface area contributed by atoms with E-state index in [4.69, 9.17) is 14.2 Å². The van der Waals surface area contributed by atoms with Crippen LogP contribution in [-0.4, -0.2) is 87.5 Å². The van der Waals surface area contributed by atoms with Crippen LogP contribution in [0.4, 0.5) is 0 Å². The van der Waals surface area contributed by atoms with Crippen LogP contribution in [0.15, 0.2) is 72.9 Å². The van der Waals surface area contributed by atoms with Crippen molar-refractivity contribution in [1.29, 1.82) is 0 Å². The maximum absolute atomic E-state index is 12.9. The van der Waals surface area contributed by atoms with E-state index in [0.29, 0.717) is 19.3 Å². The number of ether oxygens (including phenoxy) is 3. The molecule has 0 aromatic heterocycles. The molecule has 1 fully saturated rings. The molecule has 0 aromatic carbocycles. The Morgan fingerprint density at radius 1 is 0.636 bits per heavy atom. The van der Waals surface area contributed by atoms with Gasteiger partial charge >= 0.3 is 11.9 Å². The predicted molar refractivity (Wildman–Crippen MR) is 219 cm³/mol. The molecule has 0 aromatic rings. The van der Waals surface area contributed by atoms with Gasteiger partial charge in [0.25, 0.3) is 0 Å². The van der Waals surface area contributed by atoms with Gasteiger partial charge in [0.2, 0.25) is 0 Å². The molecule has 1 saturated heterocycles. The number of carboxylic acids is 1. The molecule has 0 amide bonds. The monoisotopic (exact) mass is 775 g/mol. The quantitative estimate of drug-likeness (QED) is 0.0248. The average molecular weight is 775 g/mol. The Labute approximate surface area is 331 Å². The summed E-state index contributed by atoms with van der Waals surface area (Å²) >= 11 is 0. The summed E-state index contributed by atoms with van der Waals surface area (Å²) in [7, 11) is 0. The summed E-state index contributed by atoms with van der Waals surface area (Å²) in [4.78, 5) is 25.2. The van der Waals surface area contributed by atoms with Gasteiger partial charge in [-0.2, -0.15) is 0 Å². The fourth-order valence-corrected chi connectivity index (χ4v) is 6.18. The summed E-state index contributed by atoms with van der Waals surface area (Å²) in [6.07, 6.45) is 34.7. The number of aliphatic hydroxyl groups is 4. The van der Waals surface area contributed by atoms with Crippen molar-refractivity contribution in [2.24, 2.45) is 5.92 Å². The van der Waals surface area contributed by atoms with Crippen molar-refractivity contribution in [3.8, 4) is 0 Å². The zero-order valence-electron chi connectivity index (χ0n) is 33.8. The molecule has 1 rings (SSSR count). The molecule has 314 valence electrons. The third-order valence-electron chi connectivity index (χ3n) is 9.47. The lowest BCUT2D eigenvalue weighted by Gasteiger charge is -2.40. The van der Waals surface area contributed by atoms with Gasteiger partial charge in [0.05, 0.1) is 19.1 Å². The van der Waals surface area contributed by atoms with Gasteiger partial charge in [-0.1, -0.05) is 125 Å². The number of hydrogen-bond donors (Lipinski definition) is 5. The molecule has 0 saturated carbocycles. The minimum atomic E-state index is -1.62. The Morgan fingerprint density at radius 3 is 1.65 bits per heavy atom. The van der Waals surface area contributed by atoms with Gasteiger partial charge in [0.1, 0.15) is 30.5 Å². The molecule has 5 N–H and O–H groups in total. The molecule has 1 aliphatic rings. The molecular formula is C45H74O10. The van der Waals surface area contributed by atoms with Gasteiger partial charge in [0, 0.05) is 6.42 Å². The Morgan fingerprint density at radius 2 is 1.13 bits per heavy atom. The normalized spacial score (nSPS) is 22.0. The number of hydrogen-bond acceptors (Lipinski definition) is 9. The summed E-state index contributed by atoms with van der Waals surface area (Å²) in [6.45, 7) is 3.36. The molecule has 0 radical (unpaired) electrons. The van der Waals surface area contributed by atoms with Gasteiger partial charge in [0.15, 0.2) is 6.29 Å². The van der Waals surface area contributed by atoms with Crippen LogP contribution in [0.25, 0.3) is 0 Å². The average Bonchev–Trinajstić information content (AvgIpc) is 3.17. The molecule has 10 heteroatoms. The van der Waals surface area contributed by atoms with E-state index >= 15 is 0 Å². The highest BCUT2D eigenvalue weighted by atomic mass is 16.7. The molecule has 1 heterocycles. The molecule has 0 spiro atoms. The van der Waals surface area contributed by atoms with Crippen LogP contribution in [-0.2, 0) is 23.8 Å². The smallest absolute Gasteiger partial charge is 0.306 e. The van der Waals surface area contributed by atoms with E-state index in [1.165, 1.54) is 0 Å². The van der Waals surface area contributed by atoms with Crippen LogP contribution in [0.5, 0.6) is 0 Å². The first-order valence-electron chi connectivity index (χ1n) is 21.0. The highest BCUT2D eigenvalue weighted by Crippen LogP contribution is 2.24. The van der Waals surface area contributed by atoms with Crippen LogP contribution >= 0.6 is 0 Å². The van der Waals surface area contributed by atoms with E-state index < -0.39 is 61.3 Å². The van der Waals surface area contributed by atoms with Crippen LogP contribution in [0.2, 0.25) is 0 Å². The SMILES string of the molecule is CC/C=C\C/C=C\C/C=C\CCCCCCCC(=O)OC(CO[C@H]1O[C@H](CO)[C@@H](O)[C@H](O)[C@H]1O)CC(CCCCCC/C=C\C/C=C\C/C=C\CC)C(=O)O. The first-order chi connectivity index (χ1) is 26.7. The number of carbonyl (C=O) groups excluding carboxylic acids is 1. The van der Waals surface area contributed by atoms with Crippen molar-refractivity contribution in [3.63, 3.8) is 0 Å². The standard InChI is InChI=1S/C45H74O10/c1-3-5-7-9-11-13-15-17-19-21-23-25-27-29-31-33-40(47)54-38(36-53-45-43(50)42(49)41(48)39(35-46)55-45)34-37(44(51)52)32-30-28-26-24-22-20-18-16-14-12-10-8-6-4-2/h5-8,11-14,17-20,37-39,41-43,45-46,48-50H,3-4,9-10,15-16,21-36H2,1-2H3,(H,51,52)/b7-5-,8-6-,13-11-,14-12-,19-17-,20-18-/t37?,38?,39-,41-,42+,43-,45+/m1/s1. The first kappa shape index (κ1) is 50.2. The Balaban J connectivity index is 2.55. The van der Waals surface area contributed by atoms with Gasteiger partial charge in [-0.3, -0.25) is 9.59 Å². The summed E-state index contributed by atoms with van der Waals surface area (Å²) in [5, 5.41) is 50.3. The van der Waals surface area contributed by atoms with E-state index in [9.17, 15) is 35.1 Å². The van der Waals surface area contributed by atoms with Crippen molar-refractivity contribution in [2.75, 3.05) is 13.2 Å². The lowest BCUT2D eigenvalue weighted by molar-refractivity contribution is -0.305. The van der Waals surface area contributed by atoms with Crippen molar-refractivity contribution < 1.29 is 49.3 Å². The molecule has 2 unspecified atom stereocenters. The molecule has 0 bridgehead atoms. The maximum atomic E-state index is 12.9. The van der Waals surface area contributed by atoms with E-state index in [-0.39, 0.29) is 19.4 Å². The second-order valence-electron chi connectivity index (χ2n) is 14.3. The largest absolute Gasteiger partial charge is 0.481 e. The molecule has 10 nitrogen and oxygen atoms in total. The van der Waals surface area contributed by atoms with Crippen LogP contribution in [0, 0.1) is 5.92 Å². The number of unbranched alkanes of at least 4 members (excludes halogenated alkanes) is 9. The minimum Gasteiger partial charge on any atom is -0.481 e. The van der Waals surface area contributed by atoms with Gasteiger partial charge in [-0.05, 0) is 83.5 Å². The zero-order valence-corrected chi connectivity index (χ0v) is 33.8. The number of rotatable bonds is 33. The topological polar surface area (TPSA) is 163 Å². The third kappa shape index (κ3) is 25.8. The van der Waals surface area contributed by atoms with Gasteiger partial charge in [-0.15, -0.1) is 0 Å². The Bertz CT molecular complexity index is 1140. The summed E-state index contributed by atoms with van der Waals surface area (Å²) in [5.74, 6) is -2.21. The second-order valence-corrected chi connectivity index (χ2v) is 14.3. The number of aliphatic hydroxyl groups excluding tert-OH is 4. The van der Waals surface area contributed by atoms with Crippen LogP contribution < -0.4 is 0 Å². The number of carboxylic acid groups (broad SMARTS) is 1. The highest BCUT2D eigenvalue weighted by molar-refractivity contribution is 5.71. The maximum Gasteiger partial charge on any atom is 0.306 e. The predicted octanol–water partition coefficient (Wildman–Crippen LogP) is 8.59. The molecule has 7 atom stereocenters. The molecule has 1 aliphatic heterocycles. The van der Waals surface area contributed by atoms with Crippen LogP contribution in [0.1, 0.15) is 142 Å². The first-order valence-corrected chi connectivity index (χ1v) is 21.0. The summed E-state index contributed by atoms with van der Waals surface area (Å²) in [5.41, 5.74) is 0. The van der Waals surface area contributed by atoms with Crippen molar-refractivity contribution in [3.05, 3.63) is 72.9 Å². The number of esters is 1. The summed E-state index contributed by atoms with van der Waals surface area (Å²) < 4.78 is 16.9. The second kappa shape index (κ2) is 34.4. The van der Waals surface area contributed by atoms with Crippen molar-refractivity contribution in [1.82, 2.24) is 0 Å². The molecule has 55 heavy (non-hydrogen) atoms. The van der Waals surface area contributed by atoms with Crippen molar-refractivity contribution >= 4 is 11.9 Å². The molecular weight excluding hydrogens is 700 g/mol. The number of allylic oxidation sites excluding steroid dienone is 12. The van der Waals surface area contributed by atoms with Gasteiger partial charge in [-0.25, -0.2) is 0 Å². The summed E-state index contributed by atoms with van der Waals surface area (Å²) in [6, 6.07) is 0. The third-order valence-corrected chi connectivity index (χ3v) is 9.47. The number of aliphatic carboxylic acids is 1. The van der Waals surface area contributed by atoms with Gasteiger partial charge < -0.3 is 39.7 Å². The Kier molecular flexibility index (Phi) is 31.4. The van der Waals surface area contributed by atoms with E-state index in [2.05, 4.69) is 86.8 Å². The molecule has 0 aliphatic carbocycles. The van der Waals surface area contributed by atoms with E-state index in [1.807, 2.05) is 0 Å². The van der Waals surface area contributed by atoms with E-state index in [0.717, 1.165) is 96.3 Å². The fourth-order valence-electron chi connectivity index (χ4n) is 6.18. The van der Waals surface area contributed by atoms with Crippen molar-refractivity contribution in [2.45, 2.75) is 179 Å². The lowest BCUT2D eigenvalue weighted by Crippen LogP contribution is -2.59. The van der Waals surface area contributed by atoms with E-state index in [1.54, 1.807) is 0 Å². The minimum absolute atomic E-state index is 0.0161. The number of carbonyl (C=O) groups is 2. The zero-order chi connectivity index (χ0) is 40.4. The Hall–Kier alpha value is -2.86. The highest BCUT2D eigenvalue weighted by Gasteiger charge is 2.44.